The number of benzene rings is 1. The van der Waals surface area contributed by atoms with E-state index < -0.39 is 0 Å². The van der Waals surface area contributed by atoms with Gasteiger partial charge >= 0.3 is 0 Å². The number of nitrogens with one attached hydrogen (secondary N) is 1. The van der Waals surface area contributed by atoms with Crippen molar-refractivity contribution >= 4 is 39.2 Å². The summed E-state index contributed by atoms with van der Waals surface area (Å²) in [5.74, 6) is 1.55. The zero-order chi connectivity index (χ0) is 14.1. The molecule has 0 atom stereocenters. The molecule has 0 fully saturated rings. The Morgan fingerprint density at radius 2 is 1.90 bits per heavy atom. The average molecular weight is 376 g/mol. The Kier molecular flexibility index (Phi) is 3.52. The zero-order valence-corrected chi connectivity index (χ0v) is 13.3. The van der Waals surface area contributed by atoms with E-state index >= 15 is 0 Å². The van der Waals surface area contributed by atoms with E-state index in [-0.39, 0.29) is 0 Å². The second-order valence-corrected chi connectivity index (χ2v) is 5.53. The summed E-state index contributed by atoms with van der Waals surface area (Å²) in [7, 11) is 1.87. The van der Waals surface area contributed by atoms with E-state index in [0.29, 0.717) is 5.82 Å². The molecule has 0 radical (unpaired) electrons. The van der Waals surface area contributed by atoms with Gasteiger partial charge in [0, 0.05) is 30.4 Å². The number of hydrogen-bond donors (Lipinski definition) is 1. The molecule has 20 heavy (non-hydrogen) atoms. The predicted molar refractivity (Wildman–Crippen MR) is 89.8 cm³/mol. The predicted octanol–water partition coefficient (Wildman–Crippen LogP) is 3.65. The highest BCUT2D eigenvalue weighted by molar-refractivity contribution is 14.1. The highest BCUT2D eigenvalue weighted by Crippen LogP contribution is 2.28. The van der Waals surface area contributed by atoms with Gasteiger partial charge in [0.25, 0.3) is 0 Å². The molecule has 0 amide bonds. The van der Waals surface area contributed by atoms with Gasteiger partial charge in [-0.15, -0.1) is 0 Å². The molecule has 3 rings (SSSR count). The van der Waals surface area contributed by atoms with Gasteiger partial charge in [0.1, 0.15) is 5.82 Å². The van der Waals surface area contributed by atoms with Crippen LogP contribution in [-0.2, 0) is 0 Å². The zero-order valence-electron chi connectivity index (χ0n) is 11.2. The number of aromatic nitrogens is 3. The van der Waals surface area contributed by atoms with Gasteiger partial charge in [0.2, 0.25) is 0 Å². The summed E-state index contributed by atoms with van der Waals surface area (Å²) in [6.07, 6.45) is 3.68. The Morgan fingerprint density at radius 1 is 1.10 bits per heavy atom. The minimum atomic E-state index is 0.705. The lowest BCUT2D eigenvalue weighted by atomic mass is 10.1. The van der Waals surface area contributed by atoms with E-state index in [2.05, 4.69) is 48.9 Å². The number of rotatable bonds is 2. The second kappa shape index (κ2) is 5.32. The molecule has 0 saturated heterocycles. The molecule has 1 aromatic carbocycles. The number of nitrogens with zero attached hydrogens (tertiary/aromatic N) is 3. The number of aryl methyl sites for hydroxylation is 1. The maximum atomic E-state index is 4.60. The lowest BCUT2D eigenvalue weighted by Gasteiger charge is -2.10. The number of anilines is 1. The lowest BCUT2D eigenvalue weighted by Crippen LogP contribution is -2.03. The van der Waals surface area contributed by atoms with Crippen LogP contribution in [0.25, 0.3) is 22.2 Å². The maximum Gasteiger partial charge on any atom is 0.164 e. The SMILES string of the molecule is CNc1nc(-c2cncc3ccccc23)nc(C)c1I. The van der Waals surface area contributed by atoms with Gasteiger partial charge in [-0.3, -0.25) is 4.98 Å². The third-order valence-electron chi connectivity index (χ3n) is 3.16. The second-order valence-electron chi connectivity index (χ2n) is 4.45. The van der Waals surface area contributed by atoms with Crippen LogP contribution in [0.3, 0.4) is 0 Å². The Labute approximate surface area is 130 Å². The monoisotopic (exact) mass is 376 g/mol. The van der Waals surface area contributed by atoms with Crippen LogP contribution in [0.1, 0.15) is 5.69 Å². The van der Waals surface area contributed by atoms with Crippen molar-refractivity contribution in [3.63, 3.8) is 0 Å². The highest BCUT2D eigenvalue weighted by Gasteiger charge is 2.12. The van der Waals surface area contributed by atoms with Crippen LogP contribution in [0.5, 0.6) is 0 Å². The smallest absolute Gasteiger partial charge is 0.164 e. The fourth-order valence-corrected chi connectivity index (χ4v) is 2.65. The number of hydrogen-bond acceptors (Lipinski definition) is 4. The van der Waals surface area contributed by atoms with Crippen molar-refractivity contribution in [2.24, 2.45) is 0 Å². The summed E-state index contributed by atoms with van der Waals surface area (Å²) in [5, 5.41) is 5.32. The van der Waals surface area contributed by atoms with Crippen LogP contribution in [0.15, 0.2) is 36.7 Å². The Hall–Kier alpha value is -1.76. The highest BCUT2D eigenvalue weighted by atomic mass is 127. The van der Waals surface area contributed by atoms with Crippen molar-refractivity contribution in [2.75, 3.05) is 12.4 Å². The Bertz CT molecular complexity index is 781. The van der Waals surface area contributed by atoms with Gasteiger partial charge in [-0.2, -0.15) is 0 Å². The van der Waals surface area contributed by atoms with Gasteiger partial charge in [-0.05, 0) is 34.9 Å². The van der Waals surface area contributed by atoms with Gasteiger partial charge in [0.05, 0.1) is 9.26 Å². The van der Waals surface area contributed by atoms with Crippen molar-refractivity contribution in [1.29, 1.82) is 0 Å². The minimum absolute atomic E-state index is 0.705. The summed E-state index contributed by atoms with van der Waals surface area (Å²) in [6.45, 7) is 1.99. The molecule has 3 aromatic rings. The molecule has 2 heterocycles. The molecule has 5 heteroatoms. The maximum absolute atomic E-state index is 4.60. The third-order valence-corrected chi connectivity index (χ3v) is 4.45. The molecule has 100 valence electrons. The van der Waals surface area contributed by atoms with Crippen LogP contribution in [0, 0.1) is 10.5 Å². The fourth-order valence-electron chi connectivity index (χ4n) is 2.14. The average Bonchev–Trinajstić information content (AvgIpc) is 2.49. The molecule has 0 spiro atoms. The topological polar surface area (TPSA) is 50.7 Å². The minimum Gasteiger partial charge on any atom is -0.372 e. The van der Waals surface area contributed by atoms with Gasteiger partial charge in [0.15, 0.2) is 5.82 Å². The molecular weight excluding hydrogens is 363 g/mol. The normalized spacial score (nSPS) is 10.8. The standard InChI is InChI=1S/C15H13IN4/c1-9-13(16)15(17-2)20-14(19-9)12-8-18-7-10-5-3-4-6-11(10)12/h3-8H,1-2H3,(H,17,19,20). The van der Waals surface area contributed by atoms with Crippen molar-refractivity contribution in [1.82, 2.24) is 15.0 Å². The van der Waals surface area contributed by atoms with Crippen LogP contribution >= 0.6 is 22.6 Å². The quantitative estimate of drug-likeness (QED) is 0.694. The number of pyridine rings is 1. The van der Waals surface area contributed by atoms with Crippen molar-refractivity contribution in [3.8, 4) is 11.4 Å². The van der Waals surface area contributed by atoms with Crippen molar-refractivity contribution in [3.05, 3.63) is 45.9 Å². The van der Waals surface area contributed by atoms with E-state index in [9.17, 15) is 0 Å². The molecule has 2 aromatic heterocycles. The Balaban J connectivity index is 2.28. The summed E-state index contributed by atoms with van der Waals surface area (Å²) in [5.41, 5.74) is 1.92. The van der Waals surface area contributed by atoms with E-state index in [4.69, 9.17) is 0 Å². The van der Waals surface area contributed by atoms with Gasteiger partial charge < -0.3 is 5.32 Å². The van der Waals surface area contributed by atoms with Crippen molar-refractivity contribution < 1.29 is 0 Å². The molecular formula is C15H13IN4. The Morgan fingerprint density at radius 3 is 2.70 bits per heavy atom. The first-order valence-corrected chi connectivity index (χ1v) is 7.33. The van der Waals surface area contributed by atoms with E-state index in [0.717, 1.165) is 31.4 Å². The first-order valence-electron chi connectivity index (χ1n) is 6.25. The van der Waals surface area contributed by atoms with Crippen LogP contribution in [0.4, 0.5) is 5.82 Å². The van der Waals surface area contributed by atoms with Crippen LogP contribution in [0.2, 0.25) is 0 Å². The van der Waals surface area contributed by atoms with E-state index in [1.54, 1.807) is 0 Å². The van der Waals surface area contributed by atoms with E-state index in [1.807, 2.05) is 44.6 Å². The molecule has 0 aliphatic rings. The summed E-state index contributed by atoms with van der Waals surface area (Å²) < 4.78 is 1.04. The summed E-state index contributed by atoms with van der Waals surface area (Å²) in [4.78, 5) is 13.5. The fraction of sp³-hybridized carbons (Fsp3) is 0.133. The molecule has 0 saturated carbocycles. The van der Waals surface area contributed by atoms with E-state index in [1.165, 1.54) is 0 Å². The lowest BCUT2D eigenvalue weighted by molar-refractivity contribution is 1.09. The largest absolute Gasteiger partial charge is 0.372 e. The van der Waals surface area contributed by atoms with Crippen LogP contribution in [-0.4, -0.2) is 22.0 Å². The number of fused-ring (bicyclic) bond motifs is 1. The van der Waals surface area contributed by atoms with Gasteiger partial charge in [-0.1, -0.05) is 24.3 Å². The van der Waals surface area contributed by atoms with Crippen molar-refractivity contribution in [2.45, 2.75) is 6.92 Å². The van der Waals surface area contributed by atoms with Gasteiger partial charge in [-0.25, -0.2) is 9.97 Å². The molecule has 0 aliphatic heterocycles. The molecule has 4 nitrogen and oxygen atoms in total. The summed E-state index contributed by atoms with van der Waals surface area (Å²) >= 11 is 2.26. The molecule has 0 bridgehead atoms. The summed E-state index contributed by atoms with van der Waals surface area (Å²) in [6, 6.07) is 8.14. The molecule has 0 aliphatic carbocycles. The first-order chi connectivity index (χ1) is 9.70. The first kappa shape index (κ1) is 13.2. The molecule has 0 unspecified atom stereocenters. The third kappa shape index (κ3) is 2.22. The van der Waals surface area contributed by atoms with Crippen LogP contribution < -0.4 is 5.32 Å². The molecule has 1 N–H and O–H groups in total. The number of halogens is 1.